The molecule has 0 aliphatic carbocycles. The molecule has 0 fully saturated rings. The molecule has 1 aliphatic heterocycles. The summed E-state index contributed by atoms with van der Waals surface area (Å²) in [5, 5.41) is 0. The molecule has 1 unspecified atom stereocenters. The number of fused-ring (bicyclic) bond motifs is 1. The Labute approximate surface area is 123 Å². The molecule has 0 amide bonds. The molecule has 1 atom stereocenters. The number of benzene rings is 1. The molecule has 0 bridgehead atoms. The lowest BCUT2D eigenvalue weighted by atomic mass is 10.2. The van der Waals surface area contributed by atoms with Crippen LogP contribution in [0.25, 0.3) is 6.08 Å². The molecule has 1 aromatic carbocycles. The van der Waals surface area contributed by atoms with Gasteiger partial charge >= 0.3 is 5.51 Å². The summed E-state index contributed by atoms with van der Waals surface area (Å²) in [5.74, 6) is 0. The van der Waals surface area contributed by atoms with E-state index >= 15 is 0 Å². The van der Waals surface area contributed by atoms with E-state index < -0.39 is 26.1 Å². The van der Waals surface area contributed by atoms with Crippen LogP contribution in [-0.2, 0) is 3.74 Å². The number of halogens is 4. The first-order chi connectivity index (χ1) is 9.62. The minimum atomic E-state index is -5.22. The van der Waals surface area contributed by atoms with Crippen LogP contribution in [-0.4, -0.2) is 5.51 Å². The molecule has 0 saturated heterocycles. The number of rotatable bonds is 4. The van der Waals surface area contributed by atoms with Crippen molar-refractivity contribution in [1.29, 1.82) is 0 Å². The number of hydrogen-bond donors (Lipinski definition) is 0. The second-order valence-corrected chi connectivity index (χ2v) is 8.14. The number of hydrogen-bond acceptors (Lipinski definition) is 4. The Balaban J connectivity index is 2.68. The van der Waals surface area contributed by atoms with E-state index in [9.17, 15) is 27.1 Å². The van der Waals surface area contributed by atoms with E-state index in [0.29, 0.717) is 6.42 Å². The molecular weight excluding hydrogens is 333 g/mol. The van der Waals surface area contributed by atoms with Gasteiger partial charge in [-0.1, -0.05) is 31.5 Å². The van der Waals surface area contributed by atoms with Gasteiger partial charge in [0.15, 0.2) is 10.3 Å². The van der Waals surface area contributed by atoms with Crippen molar-refractivity contribution in [2.75, 3.05) is 0 Å². The van der Waals surface area contributed by atoms with Gasteiger partial charge in [0, 0.05) is 9.80 Å². The van der Waals surface area contributed by atoms with Crippen LogP contribution in [0.3, 0.4) is 0 Å². The number of allylic oxidation sites excluding steroid dienone is 1. The van der Waals surface area contributed by atoms with Crippen molar-refractivity contribution in [3.63, 3.8) is 0 Å². The monoisotopic (exact) mass is 344 g/mol. The molecule has 1 heterocycles. The molecule has 2 rings (SSSR count). The molecule has 1 aliphatic rings. The largest absolute Gasteiger partial charge is 0.468 e. The molecule has 0 spiro atoms. The highest BCUT2D eigenvalue weighted by atomic mass is 35.7. The Bertz CT molecular complexity index is 570. The van der Waals surface area contributed by atoms with Crippen molar-refractivity contribution in [3.8, 4) is 0 Å². The van der Waals surface area contributed by atoms with Crippen LogP contribution in [0.15, 0.2) is 34.1 Å². The average Bonchev–Trinajstić information content (AvgIpc) is 2.63. The lowest BCUT2D eigenvalue weighted by Crippen LogP contribution is -2.61. The van der Waals surface area contributed by atoms with Crippen molar-refractivity contribution in [2.45, 2.75) is 30.2 Å². The standard InChI is InChI=1S/C12H12ClF3O4S/c1-2-5-10-8-9-6-3-4-7-11(9)21(10,12(14,15)16)20-13(17,18)19/h3-4,6-8H,2,5H2,1H3. The van der Waals surface area contributed by atoms with Crippen molar-refractivity contribution in [2.24, 2.45) is 0 Å². The normalized spacial score (nSPS) is 25.2. The topological polar surface area (TPSA) is 78.4 Å². The molecule has 21 heavy (non-hydrogen) atoms. The minimum absolute atomic E-state index is 0.00539. The average molecular weight is 345 g/mol. The highest BCUT2D eigenvalue weighted by Gasteiger charge is 2.67. The van der Waals surface area contributed by atoms with Crippen LogP contribution in [0.4, 0.5) is 13.2 Å². The predicted molar refractivity (Wildman–Crippen MR) is 62.3 cm³/mol. The van der Waals surface area contributed by atoms with Crippen molar-refractivity contribution in [3.05, 3.63) is 34.7 Å². The van der Waals surface area contributed by atoms with Gasteiger partial charge < -0.3 is 0 Å². The van der Waals surface area contributed by atoms with E-state index in [-0.39, 0.29) is 21.8 Å². The van der Waals surface area contributed by atoms with Crippen LogP contribution in [0.5, 0.6) is 0 Å². The van der Waals surface area contributed by atoms with Gasteiger partial charge in [-0.25, -0.2) is 0 Å². The zero-order chi connectivity index (χ0) is 15.9. The second-order valence-electron chi connectivity index (χ2n) is 4.34. The maximum Gasteiger partial charge on any atom is 0.468 e. The van der Waals surface area contributed by atoms with Gasteiger partial charge in [-0.3, -0.25) is 0 Å². The first-order valence-corrected chi connectivity index (χ1v) is 8.72. The summed E-state index contributed by atoms with van der Waals surface area (Å²) in [5.41, 5.74) is -4.77. The highest BCUT2D eigenvalue weighted by molar-refractivity contribution is 8.34. The molecule has 9 heteroatoms. The van der Waals surface area contributed by atoms with Crippen LogP contribution in [0.2, 0.25) is 0 Å². The fraction of sp³-hybridized carbons (Fsp3) is 0.333. The van der Waals surface area contributed by atoms with Gasteiger partial charge in [-0.2, -0.15) is 27.1 Å². The molecular formula is C12H12ClF3O4S. The fourth-order valence-corrected chi connectivity index (χ4v) is 6.37. The Morgan fingerprint density at radius 3 is 2.33 bits per heavy atom. The predicted octanol–water partition coefficient (Wildman–Crippen LogP) is 1.35. The van der Waals surface area contributed by atoms with Gasteiger partial charge in [-0.15, -0.1) is 0 Å². The van der Waals surface area contributed by atoms with Crippen molar-refractivity contribution >= 4 is 16.4 Å². The summed E-state index contributed by atoms with van der Waals surface area (Å²) in [6, 6.07) is 5.47. The third-order valence-corrected chi connectivity index (χ3v) is 6.99. The minimum Gasteiger partial charge on any atom is -0.182 e. The third kappa shape index (κ3) is 2.92. The zero-order valence-corrected chi connectivity index (χ0v) is 12.4. The van der Waals surface area contributed by atoms with E-state index in [1.165, 1.54) is 24.3 Å². The second kappa shape index (κ2) is 5.45. The Morgan fingerprint density at radius 2 is 1.81 bits per heavy atom. The molecule has 4 nitrogen and oxygen atoms in total. The molecule has 0 radical (unpaired) electrons. The van der Waals surface area contributed by atoms with Crippen molar-refractivity contribution in [1.82, 2.24) is 0 Å². The van der Waals surface area contributed by atoms with Crippen LogP contribution in [0.1, 0.15) is 25.3 Å². The number of alkyl halides is 3. The lowest BCUT2D eigenvalue weighted by Gasteiger charge is -2.34. The van der Waals surface area contributed by atoms with E-state index in [2.05, 4.69) is 3.74 Å². The lowest BCUT2D eigenvalue weighted by molar-refractivity contribution is -1.91. The van der Waals surface area contributed by atoms with Crippen LogP contribution < -0.4 is 14.0 Å². The molecule has 118 valence electrons. The Hall–Kier alpha value is -0.770. The summed E-state index contributed by atoms with van der Waals surface area (Å²) >= 11 is 0. The fourth-order valence-electron chi connectivity index (χ4n) is 2.22. The van der Waals surface area contributed by atoms with Crippen molar-refractivity contribution < 1.29 is 41.1 Å². The molecule has 0 N–H and O–H groups in total. The Morgan fingerprint density at radius 1 is 1.19 bits per heavy atom. The maximum absolute atomic E-state index is 13.7. The van der Waals surface area contributed by atoms with Gasteiger partial charge in [0.05, 0.1) is 10.2 Å². The van der Waals surface area contributed by atoms with Crippen LogP contribution >= 0.6 is 10.3 Å². The Kier molecular flexibility index (Phi) is 4.31. The highest BCUT2D eigenvalue weighted by Crippen LogP contribution is 2.78. The SMILES string of the molecule is CCCC1=Cc2ccccc2S1(O[Cl+3]([O-])([O-])[O-])C(F)(F)F. The molecule has 0 aromatic heterocycles. The first kappa shape index (κ1) is 16.6. The quantitative estimate of drug-likeness (QED) is 0.826. The van der Waals surface area contributed by atoms with E-state index in [4.69, 9.17) is 0 Å². The van der Waals surface area contributed by atoms with Gasteiger partial charge in [0.25, 0.3) is 0 Å². The summed E-state index contributed by atoms with van der Waals surface area (Å²) in [6.45, 7) is 1.66. The van der Waals surface area contributed by atoms with Gasteiger partial charge in [0.1, 0.15) is 3.74 Å². The van der Waals surface area contributed by atoms with Gasteiger partial charge in [-0.05, 0) is 24.1 Å². The molecule has 0 saturated carbocycles. The van der Waals surface area contributed by atoms with E-state index in [1.54, 1.807) is 6.92 Å². The zero-order valence-electron chi connectivity index (χ0n) is 10.9. The van der Waals surface area contributed by atoms with E-state index in [0.717, 1.165) is 6.07 Å². The third-order valence-electron chi connectivity index (χ3n) is 2.91. The maximum atomic E-state index is 13.7. The summed E-state index contributed by atoms with van der Waals surface area (Å²) in [4.78, 5) is -0.501. The summed E-state index contributed by atoms with van der Waals surface area (Å²) in [6.07, 6.45) is 1.63. The smallest absolute Gasteiger partial charge is 0.182 e. The van der Waals surface area contributed by atoms with Gasteiger partial charge in [0.2, 0.25) is 0 Å². The first-order valence-electron chi connectivity index (χ1n) is 5.93. The summed E-state index contributed by atoms with van der Waals surface area (Å²) < 4.78 is 77.8. The summed E-state index contributed by atoms with van der Waals surface area (Å²) in [7, 11) is -9.57. The van der Waals surface area contributed by atoms with Crippen LogP contribution in [0, 0.1) is 10.2 Å². The van der Waals surface area contributed by atoms with E-state index in [1.807, 2.05) is 0 Å². The molecule has 1 aromatic rings.